The molecule has 0 aliphatic heterocycles. The van der Waals surface area contributed by atoms with Crippen molar-refractivity contribution in [2.75, 3.05) is 5.32 Å². The Bertz CT molecular complexity index is 557. The first-order chi connectivity index (χ1) is 9.95. The highest BCUT2D eigenvalue weighted by Gasteiger charge is 2.40. The fourth-order valence-electron chi connectivity index (χ4n) is 1.66. The molecule has 21 heavy (non-hydrogen) atoms. The van der Waals surface area contributed by atoms with Crippen LogP contribution in [0.4, 0.5) is 18.9 Å². The first kappa shape index (κ1) is 16.0. The second-order valence-electron chi connectivity index (χ2n) is 4.37. The van der Waals surface area contributed by atoms with Crippen molar-refractivity contribution in [1.82, 2.24) is 0 Å². The third-order valence-corrected chi connectivity index (χ3v) is 4.17. The second kappa shape index (κ2) is 7.09. The van der Waals surface area contributed by atoms with Crippen LogP contribution in [0.2, 0.25) is 5.02 Å². The molecule has 2 rings (SSSR count). The smallest absolute Gasteiger partial charge is 0.366 e. The molecule has 112 valence electrons. The van der Waals surface area contributed by atoms with E-state index in [9.17, 15) is 13.2 Å². The number of rotatable bonds is 5. The molecule has 2 aromatic rings. The average Bonchev–Trinajstić information content (AvgIpc) is 2.45. The molecule has 2 aromatic carbocycles. The van der Waals surface area contributed by atoms with Crippen LogP contribution in [0, 0.1) is 0 Å². The number of nitrogens with one attached hydrogen (secondary N) is 1. The van der Waals surface area contributed by atoms with Crippen molar-refractivity contribution >= 4 is 29.1 Å². The van der Waals surface area contributed by atoms with E-state index < -0.39 is 11.6 Å². The molecule has 0 bridgehead atoms. The third-order valence-electron chi connectivity index (χ3n) is 2.70. The monoisotopic (exact) mass is 331 g/mol. The van der Waals surface area contributed by atoms with Gasteiger partial charge in [0.25, 0.3) is 0 Å². The Hall–Kier alpha value is -1.33. The van der Waals surface area contributed by atoms with Crippen LogP contribution in [0.1, 0.15) is 5.56 Å². The highest BCUT2D eigenvalue weighted by atomic mass is 35.5. The van der Waals surface area contributed by atoms with E-state index in [0.29, 0.717) is 10.7 Å². The lowest BCUT2D eigenvalue weighted by molar-refractivity contribution is -0.123. The summed E-state index contributed by atoms with van der Waals surface area (Å²) in [6, 6.07) is 15.2. The Balaban J connectivity index is 2.02. The lowest BCUT2D eigenvalue weighted by Gasteiger charge is -2.22. The summed E-state index contributed by atoms with van der Waals surface area (Å²) >= 11 is 6.56. The summed E-state index contributed by atoms with van der Waals surface area (Å²) < 4.78 is 39.2. The molecule has 1 atom stereocenters. The van der Waals surface area contributed by atoms with E-state index in [4.69, 9.17) is 11.6 Å². The predicted octanol–water partition coefficient (Wildman–Crippen LogP) is 5.57. The van der Waals surface area contributed by atoms with E-state index in [-0.39, 0.29) is 5.75 Å². The standard InChI is InChI=1S/C15H13ClF3NS/c16-12-8-6-11(7-9-12)10-21-14(15(17,18)19)20-13-4-2-1-3-5-13/h1-9,14,20H,10H2/t14-/m1/s1. The van der Waals surface area contributed by atoms with E-state index in [2.05, 4.69) is 5.32 Å². The molecule has 0 saturated carbocycles. The number of hydrogen-bond donors (Lipinski definition) is 1. The van der Waals surface area contributed by atoms with Crippen molar-refractivity contribution in [2.24, 2.45) is 0 Å². The molecule has 0 radical (unpaired) electrons. The molecule has 1 N–H and O–H groups in total. The zero-order valence-corrected chi connectivity index (χ0v) is 12.5. The number of alkyl halides is 3. The van der Waals surface area contributed by atoms with Gasteiger partial charge in [0.1, 0.15) is 0 Å². The molecule has 0 heterocycles. The number of halogens is 4. The summed E-state index contributed by atoms with van der Waals surface area (Å²) in [5.74, 6) is 0.251. The first-order valence-corrected chi connectivity index (χ1v) is 7.62. The first-order valence-electron chi connectivity index (χ1n) is 6.19. The molecule has 0 fully saturated rings. The van der Waals surface area contributed by atoms with Gasteiger partial charge in [0, 0.05) is 16.5 Å². The minimum Gasteiger partial charge on any atom is -0.366 e. The SMILES string of the molecule is FC(F)(F)[C@H](Nc1ccccc1)SCc1ccc(Cl)cc1. The van der Waals surface area contributed by atoms with Crippen LogP contribution >= 0.6 is 23.4 Å². The number of benzene rings is 2. The summed E-state index contributed by atoms with van der Waals surface area (Å²) in [5.41, 5.74) is 1.25. The average molecular weight is 332 g/mol. The Labute approximate surface area is 130 Å². The van der Waals surface area contributed by atoms with E-state index in [1.807, 2.05) is 0 Å². The van der Waals surface area contributed by atoms with Crippen LogP contribution in [-0.2, 0) is 5.75 Å². The van der Waals surface area contributed by atoms with Crippen LogP contribution < -0.4 is 5.32 Å². The van der Waals surface area contributed by atoms with Crippen molar-refractivity contribution < 1.29 is 13.2 Å². The number of hydrogen-bond acceptors (Lipinski definition) is 2. The molecule has 0 saturated heterocycles. The second-order valence-corrected chi connectivity index (χ2v) is 5.90. The molecular formula is C15H13ClF3NS. The van der Waals surface area contributed by atoms with E-state index in [1.165, 1.54) is 0 Å². The molecule has 0 aliphatic rings. The summed E-state index contributed by atoms with van der Waals surface area (Å²) in [6.45, 7) is 0. The summed E-state index contributed by atoms with van der Waals surface area (Å²) in [5, 5.41) is 1.42. The molecule has 0 aromatic heterocycles. The maximum Gasteiger partial charge on any atom is 0.418 e. The third kappa shape index (κ3) is 5.17. The Morgan fingerprint density at radius 1 is 1.00 bits per heavy atom. The van der Waals surface area contributed by atoms with Gasteiger partial charge in [-0.1, -0.05) is 41.9 Å². The predicted molar refractivity (Wildman–Crippen MR) is 82.7 cm³/mol. The van der Waals surface area contributed by atoms with Crippen LogP contribution in [0.15, 0.2) is 54.6 Å². The van der Waals surface area contributed by atoms with Crippen molar-refractivity contribution in [1.29, 1.82) is 0 Å². The quantitative estimate of drug-likeness (QED) is 0.718. The molecular weight excluding hydrogens is 319 g/mol. The highest BCUT2D eigenvalue weighted by Crippen LogP contribution is 2.33. The van der Waals surface area contributed by atoms with Crippen LogP contribution in [-0.4, -0.2) is 11.6 Å². The highest BCUT2D eigenvalue weighted by molar-refractivity contribution is 7.99. The number of anilines is 1. The van der Waals surface area contributed by atoms with Gasteiger partial charge in [-0.25, -0.2) is 0 Å². The zero-order chi connectivity index (χ0) is 15.3. The molecule has 6 heteroatoms. The van der Waals surface area contributed by atoms with Gasteiger partial charge in [0.15, 0.2) is 5.37 Å². The van der Waals surface area contributed by atoms with Crippen molar-refractivity contribution in [3.8, 4) is 0 Å². The minimum absolute atomic E-state index is 0.251. The van der Waals surface area contributed by atoms with Crippen molar-refractivity contribution in [2.45, 2.75) is 17.3 Å². The molecule has 0 amide bonds. The van der Waals surface area contributed by atoms with Gasteiger partial charge in [-0.2, -0.15) is 13.2 Å². The maximum absolute atomic E-state index is 13.1. The molecule has 0 aliphatic carbocycles. The fraction of sp³-hybridized carbons (Fsp3) is 0.200. The number of thioether (sulfide) groups is 1. The van der Waals surface area contributed by atoms with Gasteiger partial charge in [0.05, 0.1) is 0 Å². The van der Waals surface area contributed by atoms with Gasteiger partial charge >= 0.3 is 6.18 Å². The fourth-order valence-corrected chi connectivity index (χ4v) is 2.75. The normalized spacial score (nSPS) is 13.0. The molecule has 1 nitrogen and oxygen atoms in total. The summed E-state index contributed by atoms with van der Waals surface area (Å²) in [6.07, 6.45) is -4.33. The van der Waals surface area contributed by atoms with Gasteiger partial charge < -0.3 is 5.32 Å². The van der Waals surface area contributed by atoms with Crippen molar-refractivity contribution in [3.05, 3.63) is 65.2 Å². The lowest BCUT2D eigenvalue weighted by Crippen LogP contribution is -2.33. The lowest BCUT2D eigenvalue weighted by atomic mass is 10.2. The van der Waals surface area contributed by atoms with Crippen LogP contribution in [0.25, 0.3) is 0 Å². The summed E-state index contributed by atoms with van der Waals surface area (Å²) in [7, 11) is 0. The van der Waals surface area contributed by atoms with Crippen LogP contribution in [0.5, 0.6) is 0 Å². The van der Waals surface area contributed by atoms with Gasteiger partial charge in [0.2, 0.25) is 0 Å². The van der Waals surface area contributed by atoms with E-state index >= 15 is 0 Å². The molecule has 0 unspecified atom stereocenters. The summed E-state index contributed by atoms with van der Waals surface area (Å²) in [4.78, 5) is 0. The maximum atomic E-state index is 13.1. The van der Waals surface area contributed by atoms with Gasteiger partial charge in [-0.15, -0.1) is 11.8 Å². The van der Waals surface area contributed by atoms with Gasteiger partial charge in [-0.3, -0.25) is 0 Å². The van der Waals surface area contributed by atoms with E-state index in [0.717, 1.165) is 17.3 Å². The largest absolute Gasteiger partial charge is 0.418 e. The van der Waals surface area contributed by atoms with Crippen LogP contribution in [0.3, 0.4) is 0 Å². The van der Waals surface area contributed by atoms with Crippen molar-refractivity contribution in [3.63, 3.8) is 0 Å². The minimum atomic E-state index is -4.33. The zero-order valence-electron chi connectivity index (χ0n) is 10.9. The Kier molecular flexibility index (Phi) is 5.42. The Morgan fingerprint density at radius 3 is 2.19 bits per heavy atom. The Morgan fingerprint density at radius 2 is 1.62 bits per heavy atom. The number of para-hydroxylation sites is 1. The van der Waals surface area contributed by atoms with Gasteiger partial charge in [-0.05, 0) is 29.8 Å². The molecule has 0 spiro atoms. The topological polar surface area (TPSA) is 12.0 Å². The van der Waals surface area contributed by atoms with E-state index in [1.54, 1.807) is 54.6 Å².